The van der Waals surface area contributed by atoms with E-state index >= 15 is 0 Å². The molecule has 0 aliphatic carbocycles. The lowest BCUT2D eigenvalue weighted by Gasteiger charge is -2.22. The van der Waals surface area contributed by atoms with Gasteiger partial charge in [0.05, 0.1) is 0 Å². The minimum Gasteiger partial charge on any atom is -0.396 e. The molecule has 0 aromatic carbocycles. The van der Waals surface area contributed by atoms with Gasteiger partial charge < -0.3 is 15.1 Å². The first-order chi connectivity index (χ1) is 16.8. The summed E-state index contributed by atoms with van der Waals surface area (Å²) in [6.07, 6.45) is 33.5. The summed E-state index contributed by atoms with van der Waals surface area (Å²) in [5.41, 5.74) is 0. The van der Waals surface area contributed by atoms with Crippen LogP contribution in [0.15, 0.2) is 0 Å². The van der Waals surface area contributed by atoms with E-state index in [1.165, 1.54) is 167 Å². The zero-order chi connectivity index (χ0) is 24.8. The van der Waals surface area contributed by atoms with E-state index in [0.29, 0.717) is 13.2 Å². The third-order valence-corrected chi connectivity index (χ3v) is 7.34. The number of hydrogen-bond donors (Lipinski definition) is 2. The van der Waals surface area contributed by atoms with Gasteiger partial charge in [0.2, 0.25) is 0 Å². The van der Waals surface area contributed by atoms with Gasteiger partial charge in [-0.3, -0.25) is 0 Å². The Bertz CT molecular complexity index is 326. The van der Waals surface area contributed by atoms with Crippen molar-refractivity contribution in [1.82, 2.24) is 4.90 Å². The minimum atomic E-state index is 0.363. The van der Waals surface area contributed by atoms with Crippen LogP contribution in [0.25, 0.3) is 0 Å². The predicted molar refractivity (Wildman–Crippen MR) is 152 cm³/mol. The second kappa shape index (κ2) is 30.9. The summed E-state index contributed by atoms with van der Waals surface area (Å²) in [4.78, 5) is 2.79. The minimum absolute atomic E-state index is 0.363. The average Bonchev–Trinajstić information content (AvgIpc) is 2.85. The molecule has 3 nitrogen and oxygen atoms in total. The molecule has 0 saturated heterocycles. The molecule has 206 valence electrons. The average molecular weight is 484 g/mol. The van der Waals surface area contributed by atoms with Crippen molar-refractivity contribution in [3.63, 3.8) is 0 Å². The molecular formula is C31H65NO2. The molecule has 0 saturated carbocycles. The van der Waals surface area contributed by atoms with Crippen molar-refractivity contribution in [2.45, 2.75) is 167 Å². The van der Waals surface area contributed by atoms with Crippen LogP contribution in [0.3, 0.4) is 0 Å². The molecule has 0 bridgehead atoms. The lowest BCUT2D eigenvalue weighted by molar-refractivity contribution is 0.254. The molecule has 0 atom stereocenters. The van der Waals surface area contributed by atoms with Crippen LogP contribution in [-0.4, -0.2) is 48.0 Å². The first-order valence-electron chi connectivity index (χ1n) is 15.8. The fourth-order valence-electron chi connectivity index (χ4n) is 5.00. The van der Waals surface area contributed by atoms with Gasteiger partial charge in [0.25, 0.3) is 0 Å². The highest BCUT2D eigenvalue weighted by Crippen LogP contribution is 2.13. The van der Waals surface area contributed by atoms with Crippen LogP contribution < -0.4 is 0 Å². The van der Waals surface area contributed by atoms with Crippen molar-refractivity contribution in [3.05, 3.63) is 0 Å². The third kappa shape index (κ3) is 28.1. The summed E-state index contributed by atoms with van der Waals surface area (Å²) in [6, 6.07) is 0. The maximum Gasteiger partial charge on any atom is 0.0431 e. The van der Waals surface area contributed by atoms with E-state index in [1.54, 1.807) is 0 Å². The molecule has 0 unspecified atom stereocenters. The maximum atomic E-state index is 8.85. The van der Waals surface area contributed by atoms with Crippen molar-refractivity contribution in [1.29, 1.82) is 0 Å². The van der Waals surface area contributed by atoms with Gasteiger partial charge in [-0.2, -0.15) is 0 Å². The van der Waals surface area contributed by atoms with E-state index in [0.717, 1.165) is 12.8 Å². The molecule has 0 aromatic heterocycles. The van der Waals surface area contributed by atoms with E-state index in [1.807, 2.05) is 0 Å². The monoisotopic (exact) mass is 484 g/mol. The van der Waals surface area contributed by atoms with Gasteiger partial charge in [0, 0.05) is 13.2 Å². The van der Waals surface area contributed by atoms with Crippen molar-refractivity contribution in [2.24, 2.45) is 0 Å². The Kier molecular flexibility index (Phi) is 30.8. The molecule has 0 aliphatic rings. The van der Waals surface area contributed by atoms with Crippen molar-refractivity contribution in [2.75, 3.05) is 32.8 Å². The summed E-state index contributed by atoms with van der Waals surface area (Å²) in [7, 11) is 0. The Morgan fingerprint density at radius 3 is 0.824 bits per heavy atom. The zero-order valence-electron chi connectivity index (χ0n) is 23.6. The SMILES string of the molecule is CCCCCCCCCN(CCCCCCCCCCCO)CCCCCCCCCCCO. The van der Waals surface area contributed by atoms with Gasteiger partial charge in [0.1, 0.15) is 0 Å². The normalized spacial score (nSPS) is 11.6. The van der Waals surface area contributed by atoms with Crippen LogP contribution in [0.2, 0.25) is 0 Å². The predicted octanol–water partition coefficient (Wildman–Crippen LogP) is 9.05. The summed E-state index contributed by atoms with van der Waals surface area (Å²) in [5, 5.41) is 17.7. The van der Waals surface area contributed by atoms with Crippen molar-refractivity contribution >= 4 is 0 Å². The topological polar surface area (TPSA) is 43.7 Å². The molecule has 34 heavy (non-hydrogen) atoms. The van der Waals surface area contributed by atoms with Crippen molar-refractivity contribution < 1.29 is 10.2 Å². The second-order valence-electron chi connectivity index (χ2n) is 10.8. The first kappa shape index (κ1) is 33.9. The highest BCUT2D eigenvalue weighted by atomic mass is 16.3. The Labute approximate surface area is 215 Å². The number of aliphatic hydroxyl groups excluding tert-OH is 2. The van der Waals surface area contributed by atoms with Crippen LogP contribution >= 0.6 is 0 Å². The molecule has 0 fully saturated rings. The quantitative estimate of drug-likeness (QED) is 0.100. The second-order valence-corrected chi connectivity index (χ2v) is 10.8. The lowest BCUT2D eigenvalue weighted by atomic mass is 10.1. The van der Waals surface area contributed by atoms with E-state index in [-0.39, 0.29) is 0 Å². The molecule has 0 rings (SSSR count). The van der Waals surface area contributed by atoms with Gasteiger partial charge in [-0.25, -0.2) is 0 Å². The van der Waals surface area contributed by atoms with Crippen LogP contribution in [0.4, 0.5) is 0 Å². The molecule has 0 amide bonds. The molecule has 0 heterocycles. The van der Waals surface area contributed by atoms with E-state index in [4.69, 9.17) is 10.2 Å². The number of aliphatic hydroxyl groups is 2. The fraction of sp³-hybridized carbons (Fsp3) is 1.00. The largest absolute Gasteiger partial charge is 0.396 e. The van der Waals surface area contributed by atoms with Crippen LogP contribution in [0, 0.1) is 0 Å². The van der Waals surface area contributed by atoms with Crippen LogP contribution in [-0.2, 0) is 0 Å². The summed E-state index contributed by atoms with van der Waals surface area (Å²) in [5.74, 6) is 0. The summed E-state index contributed by atoms with van der Waals surface area (Å²) >= 11 is 0. The Morgan fingerprint density at radius 2 is 0.559 bits per heavy atom. The number of rotatable bonds is 30. The van der Waals surface area contributed by atoms with E-state index in [2.05, 4.69) is 11.8 Å². The van der Waals surface area contributed by atoms with E-state index in [9.17, 15) is 0 Å². The van der Waals surface area contributed by atoms with Gasteiger partial charge in [-0.05, 0) is 51.7 Å². The molecule has 0 aromatic rings. The Balaban J connectivity index is 3.82. The molecule has 3 heteroatoms. The number of nitrogens with zero attached hydrogens (tertiary/aromatic N) is 1. The first-order valence-corrected chi connectivity index (χ1v) is 15.8. The third-order valence-electron chi connectivity index (χ3n) is 7.34. The zero-order valence-corrected chi connectivity index (χ0v) is 23.6. The van der Waals surface area contributed by atoms with Crippen LogP contribution in [0.1, 0.15) is 167 Å². The number of hydrogen-bond acceptors (Lipinski definition) is 3. The summed E-state index contributed by atoms with van der Waals surface area (Å²) < 4.78 is 0. The highest BCUT2D eigenvalue weighted by molar-refractivity contribution is 4.61. The van der Waals surface area contributed by atoms with Gasteiger partial charge >= 0.3 is 0 Å². The molecule has 0 aliphatic heterocycles. The summed E-state index contributed by atoms with van der Waals surface area (Å²) in [6.45, 7) is 6.98. The number of unbranched alkanes of at least 4 members (excludes halogenated alkanes) is 22. The Hall–Kier alpha value is -0.120. The van der Waals surface area contributed by atoms with Gasteiger partial charge in [-0.1, -0.05) is 135 Å². The fourth-order valence-corrected chi connectivity index (χ4v) is 5.00. The molecular weight excluding hydrogens is 418 g/mol. The smallest absolute Gasteiger partial charge is 0.0431 e. The molecule has 0 radical (unpaired) electrons. The van der Waals surface area contributed by atoms with Gasteiger partial charge in [0.15, 0.2) is 0 Å². The van der Waals surface area contributed by atoms with E-state index < -0.39 is 0 Å². The molecule has 0 spiro atoms. The maximum absolute atomic E-state index is 8.85. The van der Waals surface area contributed by atoms with Crippen LogP contribution in [0.5, 0.6) is 0 Å². The highest BCUT2D eigenvalue weighted by Gasteiger charge is 2.05. The lowest BCUT2D eigenvalue weighted by Crippen LogP contribution is -2.27. The standard InChI is InChI=1S/C31H65NO2/c1-2-3-4-5-12-17-22-27-32(28-23-18-13-8-6-10-15-20-25-30-33)29-24-19-14-9-7-11-16-21-26-31-34/h33-34H,2-31H2,1H3. The Morgan fingerprint density at radius 1 is 0.324 bits per heavy atom. The molecule has 2 N–H and O–H groups in total. The van der Waals surface area contributed by atoms with Crippen molar-refractivity contribution in [3.8, 4) is 0 Å². The van der Waals surface area contributed by atoms with Gasteiger partial charge in [-0.15, -0.1) is 0 Å².